The molecule has 0 saturated carbocycles. The monoisotopic (exact) mass is 410 g/mol. The van der Waals surface area contributed by atoms with E-state index in [9.17, 15) is 24.0 Å². The molecule has 29 heavy (non-hydrogen) atoms. The van der Waals surface area contributed by atoms with Crippen LogP contribution in [0.3, 0.4) is 0 Å². The number of carbonyl (C=O) groups is 5. The highest BCUT2D eigenvalue weighted by Crippen LogP contribution is 2.14. The van der Waals surface area contributed by atoms with Crippen molar-refractivity contribution in [1.82, 2.24) is 0 Å². The van der Waals surface area contributed by atoms with Crippen LogP contribution < -0.4 is 0 Å². The van der Waals surface area contributed by atoms with Gasteiger partial charge >= 0.3 is 30.2 Å². The van der Waals surface area contributed by atoms with Gasteiger partial charge in [-0.2, -0.15) is 0 Å². The van der Waals surface area contributed by atoms with E-state index in [2.05, 4.69) is 18.9 Å². The lowest BCUT2D eigenvalue weighted by molar-refractivity contribution is 0.0372. The molecule has 0 amide bonds. The molecule has 0 heterocycles. The van der Waals surface area contributed by atoms with Gasteiger partial charge in [-0.1, -0.05) is 26.7 Å². The molecule has 0 aliphatic rings. The number of aromatic carboxylic acids is 1. The van der Waals surface area contributed by atoms with Gasteiger partial charge in [0.25, 0.3) is 0 Å². The number of carboxylic acid groups (broad SMARTS) is 1. The van der Waals surface area contributed by atoms with Gasteiger partial charge in [0.15, 0.2) is 0 Å². The summed E-state index contributed by atoms with van der Waals surface area (Å²) in [5, 5.41) is 9.16. The van der Waals surface area contributed by atoms with E-state index in [1.807, 2.05) is 13.8 Å². The molecule has 10 heteroatoms. The third-order valence-electron chi connectivity index (χ3n) is 3.44. The van der Waals surface area contributed by atoms with Gasteiger partial charge in [-0.05, 0) is 31.0 Å². The van der Waals surface area contributed by atoms with E-state index < -0.39 is 46.9 Å². The third-order valence-corrected chi connectivity index (χ3v) is 3.44. The predicted octanol–water partition coefficient (Wildman–Crippen LogP) is 3.57. The minimum Gasteiger partial charge on any atom is -0.478 e. The second-order valence-electron chi connectivity index (χ2n) is 5.79. The van der Waals surface area contributed by atoms with Crippen LogP contribution in [0.5, 0.6) is 0 Å². The fraction of sp³-hybridized carbons (Fsp3) is 0.421. The molecule has 1 rings (SSSR count). The number of hydrogen-bond acceptors (Lipinski definition) is 9. The van der Waals surface area contributed by atoms with Crippen LogP contribution in [0, 0.1) is 0 Å². The molecule has 0 aliphatic carbocycles. The Labute approximate surface area is 166 Å². The molecule has 0 atom stereocenters. The number of rotatable bonds is 9. The number of benzene rings is 1. The van der Waals surface area contributed by atoms with Crippen LogP contribution in [-0.4, -0.2) is 48.5 Å². The fourth-order valence-corrected chi connectivity index (χ4v) is 1.91. The zero-order valence-corrected chi connectivity index (χ0v) is 16.1. The van der Waals surface area contributed by atoms with Gasteiger partial charge in [0, 0.05) is 0 Å². The molecule has 10 nitrogen and oxygen atoms in total. The Morgan fingerprint density at radius 2 is 1.10 bits per heavy atom. The maximum absolute atomic E-state index is 12.1. The highest BCUT2D eigenvalue weighted by atomic mass is 16.7. The number of hydrogen-bond donors (Lipinski definition) is 1. The summed E-state index contributed by atoms with van der Waals surface area (Å²) in [6.07, 6.45) is 0.146. The molecule has 0 aliphatic heterocycles. The van der Waals surface area contributed by atoms with Crippen LogP contribution in [0.15, 0.2) is 18.2 Å². The minimum absolute atomic E-state index is 0.0511. The third kappa shape index (κ3) is 8.41. The quantitative estimate of drug-likeness (QED) is 0.364. The second-order valence-corrected chi connectivity index (χ2v) is 5.79. The Balaban J connectivity index is 2.92. The van der Waals surface area contributed by atoms with Crippen molar-refractivity contribution in [3.05, 3.63) is 34.9 Å². The molecule has 1 aromatic rings. The molecular weight excluding hydrogens is 388 g/mol. The lowest BCUT2D eigenvalue weighted by Crippen LogP contribution is -2.18. The Kier molecular flexibility index (Phi) is 9.86. The van der Waals surface area contributed by atoms with Crippen LogP contribution >= 0.6 is 0 Å². The van der Waals surface area contributed by atoms with Crippen LogP contribution in [0.1, 0.15) is 70.6 Å². The van der Waals surface area contributed by atoms with Crippen molar-refractivity contribution in [2.75, 3.05) is 13.2 Å². The maximum atomic E-state index is 12.1. The van der Waals surface area contributed by atoms with Crippen molar-refractivity contribution in [3.8, 4) is 0 Å². The van der Waals surface area contributed by atoms with Crippen molar-refractivity contribution in [2.24, 2.45) is 0 Å². The van der Waals surface area contributed by atoms with Gasteiger partial charge < -0.3 is 24.1 Å². The number of carboxylic acids is 1. The SMILES string of the molecule is CCCCOC(=O)OC(=O)c1cc(C(=O)O)cc(C(=O)OC(=O)OCCCC)c1. The summed E-state index contributed by atoms with van der Waals surface area (Å²) in [7, 11) is 0. The van der Waals surface area contributed by atoms with Gasteiger partial charge in [0.1, 0.15) is 0 Å². The summed E-state index contributed by atoms with van der Waals surface area (Å²) in [6.45, 7) is 3.85. The lowest BCUT2D eigenvalue weighted by Gasteiger charge is -2.08. The molecule has 0 aromatic heterocycles. The molecule has 0 fully saturated rings. The largest absolute Gasteiger partial charge is 0.516 e. The fourth-order valence-electron chi connectivity index (χ4n) is 1.91. The first kappa shape index (κ1) is 23.6. The number of esters is 2. The molecule has 0 unspecified atom stereocenters. The van der Waals surface area contributed by atoms with E-state index in [4.69, 9.17) is 5.11 Å². The number of ether oxygens (including phenoxy) is 4. The van der Waals surface area contributed by atoms with Crippen LogP contribution in [0.4, 0.5) is 9.59 Å². The summed E-state index contributed by atoms with van der Waals surface area (Å²) in [4.78, 5) is 58.4. The summed E-state index contributed by atoms with van der Waals surface area (Å²) < 4.78 is 18.3. The Morgan fingerprint density at radius 3 is 1.45 bits per heavy atom. The van der Waals surface area contributed by atoms with E-state index in [1.165, 1.54) is 0 Å². The van der Waals surface area contributed by atoms with E-state index in [0.29, 0.717) is 12.8 Å². The first-order valence-corrected chi connectivity index (χ1v) is 8.94. The normalized spacial score (nSPS) is 10.0. The van der Waals surface area contributed by atoms with Gasteiger partial charge in [-0.3, -0.25) is 0 Å². The van der Waals surface area contributed by atoms with Crippen LogP contribution in [0.2, 0.25) is 0 Å². The highest BCUT2D eigenvalue weighted by molar-refractivity contribution is 6.03. The van der Waals surface area contributed by atoms with Crippen molar-refractivity contribution in [3.63, 3.8) is 0 Å². The van der Waals surface area contributed by atoms with Crippen LogP contribution in [0.25, 0.3) is 0 Å². The number of carbonyl (C=O) groups excluding carboxylic acids is 4. The molecule has 0 saturated heterocycles. The molecule has 158 valence electrons. The summed E-state index contributed by atoms with van der Waals surface area (Å²) in [5.74, 6) is -3.91. The lowest BCUT2D eigenvalue weighted by atomic mass is 10.1. The Hall–Kier alpha value is -3.43. The smallest absolute Gasteiger partial charge is 0.478 e. The molecule has 0 radical (unpaired) electrons. The molecule has 1 N–H and O–H groups in total. The standard InChI is InChI=1S/C19H22O10/c1-3-5-7-26-18(24)28-16(22)13-9-12(15(20)21)10-14(11-13)17(23)29-19(25)27-8-6-4-2/h9-11H,3-8H2,1-2H3,(H,20,21). The molecular formula is C19H22O10. The Morgan fingerprint density at radius 1 is 0.724 bits per heavy atom. The first-order valence-electron chi connectivity index (χ1n) is 8.94. The second kappa shape index (κ2) is 12.1. The van der Waals surface area contributed by atoms with Crippen molar-refractivity contribution in [2.45, 2.75) is 39.5 Å². The predicted molar refractivity (Wildman–Crippen MR) is 96.7 cm³/mol. The van der Waals surface area contributed by atoms with Gasteiger partial charge in [0.05, 0.1) is 29.9 Å². The summed E-state index contributed by atoms with van der Waals surface area (Å²) >= 11 is 0. The van der Waals surface area contributed by atoms with E-state index >= 15 is 0 Å². The number of unbranched alkanes of at least 4 members (excludes halogenated alkanes) is 2. The average molecular weight is 410 g/mol. The maximum Gasteiger partial charge on any atom is 0.516 e. The zero-order chi connectivity index (χ0) is 21.8. The van der Waals surface area contributed by atoms with E-state index in [1.54, 1.807) is 0 Å². The molecule has 0 spiro atoms. The van der Waals surface area contributed by atoms with E-state index in [0.717, 1.165) is 31.0 Å². The topological polar surface area (TPSA) is 142 Å². The average Bonchev–Trinajstić information content (AvgIpc) is 2.67. The van der Waals surface area contributed by atoms with Gasteiger partial charge in [-0.15, -0.1) is 0 Å². The van der Waals surface area contributed by atoms with Gasteiger partial charge in [0.2, 0.25) is 0 Å². The van der Waals surface area contributed by atoms with Crippen molar-refractivity contribution < 1.29 is 48.0 Å². The zero-order valence-electron chi connectivity index (χ0n) is 16.1. The van der Waals surface area contributed by atoms with E-state index in [-0.39, 0.29) is 13.2 Å². The molecule has 1 aromatic carbocycles. The van der Waals surface area contributed by atoms with Crippen molar-refractivity contribution in [1.29, 1.82) is 0 Å². The summed E-state index contributed by atoms with van der Waals surface area (Å²) in [6, 6.07) is 2.73. The Bertz CT molecular complexity index is 714. The van der Waals surface area contributed by atoms with Gasteiger partial charge in [-0.25, -0.2) is 24.0 Å². The van der Waals surface area contributed by atoms with Crippen LogP contribution in [-0.2, 0) is 18.9 Å². The first-order chi connectivity index (χ1) is 13.8. The molecule has 0 bridgehead atoms. The summed E-state index contributed by atoms with van der Waals surface area (Å²) in [5.41, 5.74) is -1.28. The minimum atomic E-state index is -1.45. The highest BCUT2D eigenvalue weighted by Gasteiger charge is 2.22. The van der Waals surface area contributed by atoms with Crippen molar-refractivity contribution >= 4 is 30.2 Å².